The number of rotatable bonds is 4. The van der Waals surface area contributed by atoms with Crippen LogP contribution in [0.5, 0.6) is 0 Å². The first kappa shape index (κ1) is 12.9. The van der Waals surface area contributed by atoms with E-state index < -0.39 is 11.6 Å². The number of hydrogen-bond donors (Lipinski definition) is 1. The van der Waals surface area contributed by atoms with Gasteiger partial charge in [-0.05, 0) is 36.6 Å². The fourth-order valence-electron chi connectivity index (χ4n) is 1.62. The SMILES string of the molecule is CC(CCN)c1cc(F)c(F)c(N(C)C)c1. The molecule has 2 N–H and O–H groups in total. The van der Waals surface area contributed by atoms with Gasteiger partial charge >= 0.3 is 0 Å². The van der Waals surface area contributed by atoms with Crippen LogP contribution in [-0.2, 0) is 0 Å². The van der Waals surface area contributed by atoms with Crippen molar-refractivity contribution in [2.24, 2.45) is 5.73 Å². The van der Waals surface area contributed by atoms with E-state index in [1.165, 1.54) is 6.07 Å². The minimum absolute atomic E-state index is 0.138. The minimum Gasteiger partial charge on any atom is -0.375 e. The van der Waals surface area contributed by atoms with E-state index in [0.29, 0.717) is 6.54 Å². The Labute approximate surface area is 95.1 Å². The maximum Gasteiger partial charge on any atom is 0.182 e. The third-order valence-corrected chi connectivity index (χ3v) is 2.68. The van der Waals surface area contributed by atoms with Crippen molar-refractivity contribution >= 4 is 5.69 Å². The summed E-state index contributed by atoms with van der Waals surface area (Å²) >= 11 is 0. The summed E-state index contributed by atoms with van der Waals surface area (Å²) in [5.74, 6) is -1.46. The Morgan fingerprint density at radius 2 is 1.94 bits per heavy atom. The molecule has 0 radical (unpaired) electrons. The molecule has 1 rings (SSSR count). The Balaban J connectivity index is 3.13. The van der Waals surface area contributed by atoms with E-state index in [9.17, 15) is 8.78 Å². The van der Waals surface area contributed by atoms with Crippen LogP contribution in [0.15, 0.2) is 12.1 Å². The van der Waals surface area contributed by atoms with Crippen LogP contribution < -0.4 is 10.6 Å². The molecule has 2 nitrogen and oxygen atoms in total. The Morgan fingerprint density at radius 1 is 1.31 bits per heavy atom. The van der Waals surface area contributed by atoms with Crippen molar-refractivity contribution in [3.63, 3.8) is 0 Å². The van der Waals surface area contributed by atoms with Gasteiger partial charge in [0.15, 0.2) is 11.6 Å². The third-order valence-electron chi connectivity index (χ3n) is 2.68. The lowest BCUT2D eigenvalue weighted by Gasteiger charge is -2.18. The van der Waals surface area contributed by atoms with Crippen LogP contribution in [0.3, 0.4) is 0 Å². The molecular formula is C12H18F2N2. The molecule has 16 heavy (non-hydrogen) atoms. The molecule has 0 fully saturated rings. The van der Waals surface area contributed by atoms with Crippen molar-refractivity contribution in [3.05, 3.63) is 29.3 Å². The van der Waals surface area contributed by atoms with Gasteiger partial charge in [0, 0.05) is 14.1 Å². The normalized spacial score (nSPS) is 12.6. The van der Waals surface area contributed by atoms with E-state index in [2.05, 4.69) is 0 Å². The average molecular weight is 228 g/mol. The molecule has 0 aliphatic heterocycles. The molecule has 0 bridgehead atoms. The summed E-state index contributed by atoms with van der Waals surface area (Å²) in [6, 6.07) is 2.93. The van der Waals surface area contributed by atoms with Crippen molar-refractivity contribution in [1.82, 2.24) is 0 Å². The number of anilines is 1. The molecule has 0 aromatic heterocycles. The Bertz CT molecular complexity index is 364. The molecule has 4 heteroatoms. The second kappa shape index (κ2) is 5.25. The molecule has 90 valence electrons. The zero-order valence-electron chi connectivity index (χ0n) is 9.93. The lowest BCUT2D eigenvalue weighted by molar-refractivity contribution is 0.505. The first-order valence-corrected chi connectivity index (χ1v) is 5.33. The van der Waals surface area contributed by atoms with Crippen LogP contribution in [0.25, 0.3) is 0 Å². The molecule has 0 aliphatic rings. The number of hydrogen-bond acceptors (Lipinski definition) is 2. The van der Waals surface area contributed by atoms with Gasteiger partial charge in [-0.25, -0.2) is 8.78 Å². The molecule has 0 heterocycles. The van der Waals surface area contributed by atoms with Crippen LogP contribution >= 0.6 is 0 Å². The van der Waals surface area contributed by atoms with Gasteiger partial charge in [-0.2, -0.15) is 0 Å². The maximum absolute atomic E-state index is 13.4. The summed E-state index contributed by atoms with van der Waals surface area (Å²) in [4.78, 5) is 1.57. The first-order chi connectivity index (χ1) is 7.47. The molecule has 0 amide bonds. The van der Waals surface area contributed by atoms with Crippen LogP contribution in [0, 0.1) is 11.6 Å². The summed E-state index contributed by atoms with van der Waals surface area (Å²) in [7, 11) is 3.38. The lowest BCUT2D eigenvalue weighted by Crippen LogP contribution is -2.13. The van der Waals surface area contributed by atoms with Crippen LogP contribution in [0.4, 0.5) is 14.5 Å². The average Bonchev–Trinajstić information content (AvgIpc) is 2.21. The molecule has 1 atom stereocenters. The first-order valence-electron chi connectivity index (χ1n) is 5.33. The molecule has 0 aliphatic carbocycles. The second-order valence-electron chi connectivity index (χ2n) is 4.21. The highest BCUT2D eigenvalue weighted by molar-refractivity contribution is 5.50. The maximum atomic E-state index is 13.4. The number of halogens is 2. The highest BCUT2D eigenvalue weighted by Gasteiger charge is 2.15. The Morgan fingerprint density at radius 3 is 2.44 bits per heavy atom. The van der Waals surface area contributed by atoms with E-state index in [1.807, 2.05) is 6.92 Å². The van der Waals surface area contributed by atoms with Gasteiger partial charge in [-0.1, -0.05) is 6.92 Å². The predicted octanol–water partition coefficient (Wildman–Crippen LogP) is 2.48. The van der Waals surface area contributed by atoms with Gasteiger partial charge in [-0.3, -0.25) is 0 Å². The lowest BCUT2D eigenvalue weighted by atomic mass is 9.97. The molecule has 0 saturated heterocycles. The monoisotopic (exact) mass is 228 g/mol. The predicted molar refractivity (Wildman–Crippen MR) is 62.8 cm³/mol. The highest BCUT2D eigenvalue weighted by Crippen LogP contribution is 2.27. The number of nitrogens with two attached hydrogens (primary N) is 1. The largest absolute Gasteiger partial charge is 0.375 e. The van der Waals surface area contributed by atoms with Crippen molar-refractivity contribution in [2.45, 2.75) is 19.3 Å². The summed E-state index contributed by atoms with van der Waals surface area (Å²) in [6.45, 7) is 2.50. The topological polar surface area (TPSA) is 29.3 Å². The summed E-state index contributed by atoms with van der Waals surface area (Å²) in [5, 5.41) is 0. The zero-order valence-corrected chi connectivity index (χ0v) is 9.93. The van der Waals surface area contributed by atoms with E-state index in [-0.39, 0.29) is 11.6 Å². The standard InChI is InChI=1S/C12H18F2N2/c1-8(4-5-15)9-6-10(13)12(14)11(7-9)16(2)3/h6-8H,4-5,15H2,1-3H3. The molecule has 1 unspecified atom stereocenters. The number of nitrogens with zero attached hydrogens (tertiary/aromatic N) is 1. The Kier molecular flexibility index (Phi) is 4.24. The van der Waals surface area contributed by atoms with Gasteiger partial charge in [0.05, 0.1) is 5.69 Å². The van der Waals surface area contributed by atoms with Crippen LogP contribution in [0.1, 0.15) is 24.8 Å². The molecule has 0 saturated carbocycles. The van der Waals surface area contributed by atoms with Gasteiger partial charge in [0.1, 0.15) is 0 Å². The fraction of sp³-hybridized carbons (Fsp3) is 0.500. The quantitative estimate of drug-likeness (QED) is 0.857. The Hall–Kier alpha value is -1.16. The van der Waals surface area contributed by atoms with Crippen LogP contribution in [0.2, 0.25) is 0 Å². The molecular weight excluding hydrogens is 210 g/mol. The molecule has 1 aromatic carbocycles. The van der Waals surface area contributed by atoms with Crippen molar-refractivity contribution in [1.29, 1.82) is 0 Å². The van der Waals surface area contributed by atoms with Gasteiger partial charge < -0.3 is 10.6 Å². The highest BCUT2D eigenvalue weighted by atomic mass is 19.2. The van der Waals surface area contributed by atoms with E-state index in [0.717, 1.165) is 12.0 Å². The zero-order chi connectivity index (χ0) is 12.3. The molecule has 0 spiro atoms. The van der Waals surface area contributed by atoms with Crippen LogP contribution in [-0.4, -0.2) is 20.6 Å². The summed E-state index contributed by atoms with van der Waals surface area (Å²) in [5.41, 5.74) is 6.52. The number of benzene rings is 1. The summed E-state index contributed by atoms with van der Waals surface area (Å²) < 4.78 is 26.8. The second-order valence-corrected chi connectivity index (χ2v) is 4.21. The fourth-order valence-corrected chi connectivity index (χ4v) is 1.62. The van der Waals surface area contributed by atoms with Gasteiger partial charge in [0.25, 0.3) is 0 Å². The van der Waals surface area contributed by atoms with Crippen molar-refractivity contribution in [3.8, 4) is 0 Å². The molecule has 1 aromatic rings. The third kappa shape index (κ3) is 2.70. The summed E-state index contributed by atoms with van der Waals surface area (Å²) in [6.07, 6.45) is 0.762. The van der Waals surface area contributed by atoms with Gasteiger partial charge in [-0.15, -0.1) is 0 Å². The van der Waals surface area contributed by atoms with E-state index in [1.54, 1.807) is 25.1 Å². The minimum atomic E-state index is -0.801. The van der Waals surface area contributed by atoms with Crippen molar-refractivity contribution < 1.29 is 8.78 Å². The van der Waals surface area contributed by atoms with E-state index in [4.69, 9.17) is 5.73 Å². The smallest absolute Gasteiger partial charge is 0.182 e. The van der Waals surface area contributed by atoms with Gasteiger partial charge in [0.2, 0.25) is 0 Å². The van der Waals surface area contributed by atoms with Crippen molar-refractivity contribution in [2.75, 3.05) is 25.5 Å². The van der Waals surface area contributed by atoms with E-state index >= 15 is 0 Å².